The quantitative estimate of drug-likeness (QED) is 0.159. The number of aliphatic imine (C=N–C) groups is 1. The molecule has 240 valence electrons. The third kappa shape index (κ3) is 6.99. The van der Waals surface area contributed by atoms with Crippen LogP contribution in [0.3, 0.4) is 0 Å². The van der Waals surface area contributed by atoms with E-state index in [1.54, 1.807) is 14.2 Å². The number of allylic oxidation sites excluding steroid dienone is 2. The van der Waals surface area contributed by atoms with Crippen LogP contribution in [-0.2, 0) is 27.4 Å². The third-order valence-corrected chi connectivity index (χ3v) is 8.99. The molecule has 0 radical (unpaired) electrons. The van der Waals surface area contributed by atoms with E-state index in [0.717, 1.165) is 22.3 Å². The van der Waals surface area contributed by atoms with Crippen molar-refractivity contribution in [2.24, 2.45) is 10.9 Å². The van der Waals surface area contributed by atoms with Crippen LogP contribution in [0.2, 0.25) is 0 Å². The second-order valence-corrected chi connectivity index (χ2v) is 11.9. The lowest BCUT2D eigenvalue weighted by atomic mass is 9.69. The van der Waals surface area contributed by atoms with Crippen molar-refractivity contribution in [3.05, 3.63) is 137 Å². The van der Waals surface area contributed by atoms with Gasteiger partial charge in [0.25, 0.3) is 0 Å². The summed E-state index contributed by atoms with van der Waals surface area (Å²) >= 11 is 0. The van der Waals surface area contributed by atoms with Crippen molar-refractivity contribution in [1.82, 2.24) is 0 Å². The Labute approximate surface area is 275 Å². The lowest BCUT2D eigenvalue weighted by Crippen LogP contribution is -2.38. The Bertz CT molecular complexity index is 1800. The number of carbonyl (C=O) groups is 2. The van der Waals surface area contributed by atoms with Crippen LogP contribution >= 0.6 is 0 Å². The first-order valence-electron chi connectivity index (χ1n) is 16.0. The standard InChI is InChI=1S/C40H39NO6/c1-26-37(40(43)46-21-20-27-12-6-4-7-13-27)38(31-16-10-11-17-34(31)47-25-28-14-8-5-9-15-28)39-32(41-26)22-30(23-33(39)42)29-18-19-35(44-2)36(24-29)45-3/h4-19,24,30,37-38H,20-23,25H2,1-3H3/t30-,37?,38+/m0/s1. The van der Waals surface area contributed by atoms with Gasteiger partial charge in [0.2, 0.25) is 0 Å². The van der Waals surface area contributed by atoms with E-state index in [2.05, 4.69) is 0 Å². The molecule has 6 rings (SSSR count). The number of hydrogen-bond acceptors (Lipinski definition) is 7. The Morgan fingerprint density at radius 3 is 2.19 bits per heavy atom. The predicted molar refractivity (Wildman–Crippen MR) is 181 cm³/mol. The summed E-state index contributed by atoms with van der Waals surface area (Å²) in [5.41, 5.74) is 5.74. The van der Waals surface area contributed by atoms with Crippen LogP contribution in [0, 0.1) is 5.92 Å². The van der Waals surface area contributed by atoms with E-state index < -0.39 is 17.8 Å². The molecule has 0 amide bonds. The normalized spacial score (nSPS) is 19.0. The molecule has 1 heterocycles. The fourth-order valence-electron chi connectivity index (χ4n) is 6.65. The van der Waals surface area contributed by atoms with Crippen molar-refractivity contribution in [3.8, 4) is 17.2 Å². The van der Waals surface area contributed by atoms with Gasteiger partial charge in [0, 0.05) is 41.3 Å². The lowest BCUT2D eigenvalue weighted by Gasteiger charge is -2.37. The first kappa shape index (κ1) is 31.8. The number of benzene rings is 4. The number of carbonyl (C=O) groups excluding carboxylic acids is 2. The molecular formula is C40H39NO6. The van der Waals surface area contributed by atoms with E-state index in [1.807, 2.05) is 110 Å². The van der Waals surface area contributed by atoms with Crippen molar-refractivity contribution >= 4 is 17.5 Å². The molecule has 4 aromatic carbocycles. The molecule has 0 N–H and O–H groups in total. The molecule has 7 heteroatoms. The summed E-state index contributed by atoms with van der Waals surface area (Å²) in [6.45, 7) is 2.44. The number of methoxy groups -OCH3 is 2. The van der Waals surface area contributed by atoms with Crippen LogP contribution in [-0.4, -0.2) is 38.3 Å². The summed E-state index contributed by atoms with van der Waals surface area (Å²) in [6, 6.07) is 33.3. The summed E-state index contributed by atoms with van der Waals surface area (Å²) in [4.78, 5) is 33.2. The van der Waals surface area contributed by atoms with Crippen LogP contribution in [0.25, 0.3) is 0 Å². The van der Waals surface area contributed by atoms with E-state index in [9.17, 15) is 9.59 Å². The van der Waals surface area contributed by atoms with Gasteiger partial charge >= 0.3 is 5.97 Å². The number of ketones is 1. The highest BCUT2D eigenvalue weighted by molar-refractivity contribution is 6.09. The summed E-state index contributed by atoms with van der Waals surface area (Å²) < 4.78 is 23.3. The average molecular weight is 630 g/mol. The summed E-state index contributed by atoms with van der Waals surface area (Å²) in [7, 11) is 3.20. The molecule has 0 bridgehead atoms. The molecule has 1 unspecified atom stereocenters. The van der Waals surface area contributed by atoms with Gasteiger partial charge in [-0.15, -0.1) is 0 Å². The number of nitrogens with zero attached hydrogens (tertiary/aromatic N) is 1. The van der Waals surface area contributed by atoms with E-state index >= 15 is 0 Å². The molecule has 1 aliphatic carbocycles. The molecule has 47 heavy (non-hydrogen) atoms. The molecule has 0 spiro atoms. The topological polar surface area (TPSA) is 83.4 Å². The zero-order valence-corrected chi connectivity index (χ0v) is 27.0. The lowest BCUT2D eigenvalue weighted by molar-refractivity contribution is -0.146. The maximum atomic E-state index is 14.3. The smallest absolute Gasteiger partial charge is 0.315 e. The number of para-hydroxylation sites is 1. The van der Waals surface area contributed by atoms with Crippen LogP contribution in [0.5, 0.6) is 17.2 Å². The van der Waals surface area contributed by atoms with Crippen LogP contribution < -0.4 is 14.2 Å². The number of ether oxygens (including phenoxy) is 4. The van der Waals surface area contributed by atoms with Crippen molar-refractivity contribution in [2.75, 3.05) is 20.8 Å². The minimum absolute atomic E-state index is 0.0350. The maximum absolute atomic E-state index is 14.3. The molecule has 1 aliphatic heterocycles. The van der Waals surface area contributed by atoms with Gasteiger partial charge in [0.15, 0.2) is 17.3 Å². The summed E-state index contributed by atoms with van der Waals surface area (Å²) in [5.74, 6) is -0.0346. The number of esters is 1. The minimum Gasteiger partial charge on any atom is -0.493 e. The van der Waals surface area contributed by atoms with Gasteiger partial charge in [-0.2, -0.15) is 0 Å². The number of hydrogen-bond donors (Lipinski definition) is 0. The van der Waals surface area contributed by atoms with Crippen molar-refractivity contribution < 1.29 is 28.5 Å². The van der Waals surface area contributed by atoms with Gasteiger partial charge in [-0.3, -0.25) is 14.6 Å². The van der Waals surface area contributed by atoms with Crippen LogP contribution in [0.1, 0.15) is 53.9 Å². The zero-order valence-electron chi connectivity index (χ0n) is 27.0. The largest absolute Gasteiger partial charge is 0.493 e. The average Bonchev–Trinajstić information content (AvgIpc) is 3.10. The number of Topliss-reactive ketones (excluding diaryl/α,β-unsaturated/α-hetero) is 1. The minimum atomic E-state index is -0.771. The zero-order chi connectivity index (χ0) is 32.8. The van der Waals surface area contributed by atoms with E-state index in [-0.39, 0.29) is 24.7 Å². The van der Waals surface area contributed by atoms with Crippen molar-refractivity contribution in [3.63, 3.8) is 0 Å². The first-order chi connectivity index (χ1) is 23.0. The molecular weight excluding hydrogens is 590 g/mol. The fourth-order valence-corrected chi connectivity index (χ4v) is 6.65. The van der Waals surface area contributed by atoms with Gasteiger partial charge in [-0.05, 0) is 54.2 Å². The molecule has 7 nitrogen and oxygen atoms in total. The Kier molecular flexibility index (Phi) is 9.81. The molecule has 0 saturated heterocycles. The van der Waals surface area contributed by atoms with E-state index in [0.29, 0.717) is 53.7 Å². The fraction of sp³-hybridized carbons (Fsp3) is 0.275. The van der Waals surface area contributed by atoms with Crippen molar-refractivity contribution in [2.45, 2.75) is 44.6 Å². The monoisotopic (exact) mass is 629 g/mol. The first-order valence-corrected chi connectivity index (χ1v) is 16.0. The molecule has 4 aromatic rings. The second kappa shape index (κ2) is 14.5. The van der Waals surface area contributed by atoms with Gasteiger partial charge in [0.05, 0.1) is 20.8 Å². The number of rotatable bonds is 11. The second-order valence-electron chi connectivity index (χ2n) is 11.9. The Morgan fingerprint density at radius 1 is 0.787 bits per heavy atom. The van der Waals surface area contributed by atoms with E-state index in [4.69, 9.17) is 23.9 Å². The van der Waals surface area contributed by atoms with Crippen LogP contribution in [0.4, 0.5) is 0 Å². The Balaban J connectivity index is 1.35. The molecule has 0 saturated carbocycles. The third-order valence-electron chi connectivity index (χ3n) is 8.99. The Morgan fingerprint density at radius 2 is 1.47 bits per heavy atom. The van der Waals surface area contributed by atoms with Gasteiger partial charge in [-0.1, -0.05) is 84.9 Å². The van der Waals surface area contributed by atoms with Crippen molar-refractivity contribution in [1.29, 1.82) is 0 Å². The highest BCUT2D eigenvalue weighted by atomic mass is 16.5. The summed E-state index contributed by atoms with van der Waals surface area (Å²) in [5, 5.41) is 0. The van der Waals surface area contributed by atoms with Crippen LogP contribution in [0.15, 0.2) is 119 Å². The SMILES string of the molecule is COc1ccc([C@@H]2CC(=O)C3=C(C2)N=C(C)C(C(=O)OCCc2ccccc2)[C@H]3c2ccccc2OCc2ccccc2)cc1OC. The van der Waals surface area contributed by atoms with E-state index in [1.165, 1.54) is 0 Å². The highest BCUT2D eigenvalue weighted by Gasteiger charge is 2.45. The van der Waals surface area contributed by atoms with Gasteiger partial charge in [0.1, 0.15) is 18.3 Å². The highest BCUT2D eigenvalue weighted by Crippen LogP contribution is 2.49. The molecule has 2 aliphatic rings. The Hall–Kier alpha value is -5.17. The van der Waals surface area contributed by atoms with Gasteiger partial charge < -0.3 is 18.9 Å². The molecule has 0 aromatic heterocycles. The molecule has 0 fully saturated rings. The maximum Gasteiger partial charge on any atom is 0.315 e. The van der Waals surface area contributed by atoms with Gasteiger partial charge in [-0.25, -0.2) is 0 Å². The summed E-state index contributed by atoms with van der Waals surface area (Å²) in [6.07, 6.45) is 1.42. The predicted octanol–water partition coefficient (Wildman–Crippen LogP) is 7.64. The molecule has 3 atom stereocenters.